The highest BCUT2D eigenvalue weighted by atomic mass is 35.5. The predicted octanol–water partition coefficient (Wildman–Crippen LogP) is 3.61. The summed E-state index contributed by atoms with van der Waals surface area (Å²) < 4.78 is 4.30. The van der Waals surface area contributed by atoms with E-state index in [1.165, 1.54) is 5.69 Å². The van der Waals surface area contributed by atoms with Crippen LogP contribution in [0.3, 0.4) is 0 Å². The van der Waals surface area contributed by atoms with Gasteiger partial charge in [-0.25, -0.2) is 0 Å². The zero-order chi connectivity index (χ0) is 21.8. The van der Waals surface area contributed by atoms with Crippen LogP contribution in [-0.2, 0) is 4.79 Å². The second-order valence-electron chi connectivity index (χ2n) is 7.98. The molecule has 2 aliphatic heterocycles. The summed E-state index contributed by atoms with van der Waals surface area (Å²) in [5.74, 6) is -0.455. The molecule has 31 heavy (non-hydrogen) atoms. The van der Waals surface area contributed by atoms with Crippen LogP contribution in [-0.4, -0.2) is 71.3 Å². The molecule has 1 saturated heterocycles. The van der Waals surface area contributed by atoms with Crippen molar-refractivity contribution in [2.45, 2.75) is 28.6 Å². The number of halogens is 1. The van der Waals surface area contributed by atoms with Crippen LogP contribution in [0, 0.1) is 0 Å². The third-order valence-electron chi connectivity index (χ3n) is 6.01. The normalized spacial score (nSPS) is 24.2. The summed E-state index contributed by atoms with van der Waals surface area (Å²) in [6.07, 6.45) is -0.0870. The summed E-state index contributed by atoms with van der Waals surface area (Å²) in [6, 6.07) is 15.5. The SMILES string of the molecule is O=C(O)C1(CCCN2CCN(c3ccccc3)CC2)Sc2cc(Cl)ccc2OCC1O. The lowest BCUT2D eigenvalue weighted by Gasteiger charge is -2.37. The molecule has 6 nitrogen and oxygen atoms in total. The molecular weight excluding hydrogens is 436 g/mol. The van der Waals surface area contributed by atoms with E-state index in [0.29, 0.717) is 28.5 Å². The van der Waals surface area contributed by atoms with Crippen LogP contribution in [0.15, 0.2) is 53.4 Å². The molecular formula is C23H27ClN2O4S. The number of nitrogens with zero attached hydrogens (tertiary/aromatic N) is 2. The first-order valence-corrected chi connectivity index (χ1v) is 11.7. The molecule has 2 aromatic rings. The van der Waals surface area contributed by atoms with Crippen molar-refractivity contribution in [3.8, 4) is 5.75 Å². The van der Waals surface area contributed by atoms with E-state index < -0.39 is 16.8 Å². The standard InChI is InChI=1S/C23H27ClN2O4S/c24-17-7-8-19-20(15-17)31-23(22(28)29,21(27)16-30-19)9-4-10-25-11-13-26(14-12-25)18-5-2-1-3-6-18/h1-3,5-8,15,21,27H,4,9-14,16H2,(H,28,29). The number of carboxylic acid groups (broad SMARTS) is 1. The fraction of sp³-hybridized carbons (Fsp3) is 0.435. The Morgan fingerprint density at radius 1 is 1.16 bits per heavy atom. The highest BCUT2D eigenvalue weighted by Gasteiger charge is 2.48. The molecule has 2 heterocycles. The van der Waals surface area contributed by atoms with Crippen molar-refractivity contribution >= 4 is 35.0 Å². The van der Waals surface area contributed by atoms with Gasteiger partial charge in [-0.3, -0.25) is 9.69 Å². The van der Waals surface area contributed by atoms with Crippen LogP contribution in [0.25, 0.3) is 0 Å². The Bertz CT molecular complexity index is 908. The molecule has 1 fully saturated rings. The van der Waals surface area contributed by atoms with Crippen molar-refractivity contribution in [1.29, 1.82) is 0 Å². The number of aliphatic carboxylic acids is 1. The molecule has 0 saturated carbocycles. The number of para-hydroxylation sites is 1. The number of piperazine rings is 1. The van der Waals surface area contributed by atoms with Crippen LogP contribution in [0.2, 0.25) is 5.02 Å². The van der Waals surface area contributed by atoms with Crippen LogP contribution < -0.4 is 9.64 Å². The van der Waals surface area contributed by atoms with E-state index >= 15 is 0 Å². The maximum Gasteiger partial charge on any atom is 0.322 e. The maximum atomic E-state index is 12.3. The van der Waals surface area contributed by atoms with E-state index in [0.717, 1.165) is 44.5 Å². The van der Waals surface area contributed by atoms with Gasteiger partial charge in [0.05, 0.1) is 4.90 Å². The molecule has 8 heteroatoms. The van der Waals surface area contributed by atoms with E-state index in [-0.39, 0.29) is 6.61 Å². The van der Waals surface area contributed by atoms with Gasteiger partial charge in [-0.1, -0.05) is 29.8 Å². The molecule has 166 valence electrons. The first-order valence-electron chi connectivity index (χ1n) is 10.5. The van der Waals surface area contributed by atoms with E-state index in [1.54, 1.807) is 18.2 Å². The van der Waals surface area contributed by atoms with Gasteiger partial charge >= 0.3 is 5.97 Å². The van der Waals surface area contributed by atoms with Gasteiger partial charge in [0.2, 0.25) is 0 Å². The van der Waals surface area contributed by atoms with E-state index in [1.807, 2.05) is 6.07 Å². The minimum absolute atomic E-state index is 0.0519. The first-order chi connectivity index (χ1) is 15.0. The first kappa shape index (κ1) is 22.3. The minimum atomic E-state index is -1.36. The zero-order valence-electron chi connectivity index (χ0n) is 17.2. The van der Waals surface area contributed by atoms with E-state index in [2.05, 4.69) is 34.1 Å². The molecule has 0 amide bonds. The number of benzene rings is 2. The number of hydrogen-bond donors (Lipinski definition) is 2. The zero-order valence-corrected chi connectivity index (χ0v) is 18.8. The average Bonchev–Trinajstić information content (AvgIpc) is 2.92. The number of anilines is 1. The Morgan fingerprint density at radius 2 is 1.90 bits per heavy atom. The van der Waals surface area contributed by atoms with E-state index in [4.69, 9.17) is 16.3 Å². The number of thioether (sulfide) groups is 1. The fourth-order valence-electron chi connectivity index (χ4n) is 4.19. The second-order valence-corrected chi connectivity index (χ2v) is 9.79. The van der Waals surface area contributed by atoms with Crippen molar-refractivity contribution in [2.75, 3.05) is 44.2 Å². The molecule has 2 unspecified atom stereocenters. The second kappa shape index (κ2) is 9.69. The summed E-state index contributed by atoms with van der Waals surface area (Å²) in [5, 5.41) is 21.3. The third kappa shape index (κ3) is 4.95. The lowest BCUT2D eigenvalue weighted by molar-refractivity contribution is -0.144. The average molecular weight is 463 g/mol. The number of fused-ring (bicyclic) bond motifs is 1. The molecule has 4 rings (SSSR count). The number of aliphatic hydroxyl groups excluding tert-OH is 1. The maximum absolute atomic E-state index is 12.3. The molecule has 0 radical (unpaired) electrons. The Hall–Kier alpha value is -1.93. The van der Waals surface area contributed by atoms with Gasteiger partial charge in [-0.05, 0) is 49.7 Å². The molecule has 2 N–H and O–H groups in total. The number of ether oxygens (including phenoxy) is 1. The van der Waals surface area contributed by atoms with Crippen molar-refractivity contribution in [3.05, 3.63) is 53.6 Å². The Morgan fingerprint density at radius 3 is 2.61 bits per heavy atom. The Kier molecular flexibility index (Phi) is 6.96. The lowest BCUT2D eigenvalue weighted by Crippen LogP contribution is -2.50. The number of rotatable bonds is 6. The van der Waals surface area contributed by atoms with Crippen LogP contribution in [0.4, 0.5) is 5.69 Å². The molecule has 0 aromatic heterocycles. The van der Waals surface area contributed by atoms with Gasteiger partial charge in [0, 0.05) is 36.9 Å². The quantitative estimate of drug-likeness (QED) is 0.679. The van der Waals surface area contributed by atoms with Gasteiger partial charge in [0.15, 0.2) is 0 Å². The van der Waals surface area contributed by atoms with Crippen molar-refractivity contribution in [1.82, 2.24) is 4.90 Å². The highest BCUT2D eigenvalue weighted by Crippen LogP contribution is 2.46. The van der Waals surface area contributed by atoms with Gasteiger partial charge in [0.25, 0.3) is 0 Å². The van der Waals surface area contributed by atoms with E-state index in [9.17, 15) is 15.0 Å². The number of carbonyl (C=O) groups is 1. The smallest absolute Gasteiger partial charge is 0.322 e. The Balaban J connectivity index is 1.37. The number of carboxylic acids is 1. The predicted molar refractivity (Wildman–Crippen MR) is 124 cm³/mol. The van der Waals surface area contributed by atoms with Gasteiger partial charge in [0.1, 0.15) is 23.2 Å². The third-order valence-corrected chi connectivity index (χ3v) is 7.80. The summed E-state index contributed by atoms with van der Waals surface area (Å²) >= 11 is 7.27. The number of hydrogen-bond acceptors (Lipinski definition) is 6. The Labute approximate surface area is 191 Å². The minimum Gasteiger partial charge on any atom is -0.490 e. The highest BCUT2D eigenvalue weighted by molar-refractivity contribution is 8.01. The summed E-state index contributed by atoms with van der Waals surface area (Å²) in [7, 11) is 0. The van der Waals surface area contributed by atoms with Crippen LogP contribution >= 0.6 is 23.4 Å². The van der Waals surface area contributed by atoms with Gasteiger partial charge < -0.3 is 19.8 Å². The fourth-order valence-corrected chi connectivity index (χ4v) is 5.77. The monoisotopic (exact) mass is 462 g/mol. The summed E-state index contributed by atoms with van der Waals surface area (Å²) in [5.41, 5.74) is 1.24. The van der Waals surface area contributed by atoms with Gasteiger partial charge in [-0.2, -0.15) is 0 Å². The molecule has 0 bridgehead atoms. The molecule has 2 atom stereocenters. The lowest BCUT2D eigenvalue weighted by atomic mass is 9.95. The van der Waals surface area contributed by atoms with Crippen molar-refractivity contribution in [2.24, 2.45) is 0 Å². The van der Waals surface area contributed by atoms with Crippen molar-refractivity contribution < 1.29 is 19.7 Å². The van der Waals surface area contributed by atoms with Crippen molar-refractivity contribution in [3.63, 3.8) is 0 Å². The van der Waals surface area contributed by atoms with Crippen LogP contribution in [0.5, 0.6) is 5.75 Å². The number of aliphatic hydroxyl groups is 1. The van der Waals surface area contributed by atoms with Gasteiger partial charge in [-0.15, -0.1) is 11.8 Å². The molecule has 0 aliphatic carbocycles. The topological polar surface area (TPSA) is 73.2 Å². The molecule has 0 spiro atoms. The molecule has 2 aromatic carbocycles. The summed E-state index contributed by atoms with van der Waals surface area (Å²) in [6.45, 7) is 4.52. The largest absolute Gasteiger partial charge is 0.490 e. The molecule has 2 aliphatic rings. The van der Waals surface area contributed by atoms with Crippen LogP contribution in [0.1, 0.15) is 12.8 Å². The summed E-state index contributed by atoms with van der Waals surface area (Å²) in [4.78, 5) is 17.7.